The molecule has 0 bridgehead atoms. The molecule has 3 rings (SSSR count). The zero-order valence-electron chi connectivity index (χ0n) is 13.7. The van der Waals surface area contributed by atoms with E-state index < -0.39 is 25.1 Å². The molecule has 0 aromatic heterocycles. The van der Waals surface area contributed by atoms with Crippen LogP contribution in [0, 0.1) is 0 Å². The van der Waals surface area contributed by atoms with Crippen molar-refractivity contribution in [3.63, 3.8) is 0 Å². The summed E-state index contributed by atoms with van der Waals surface area (Å²) >= 11 is 11.7. The van der Waals surface area contributed by atoms with Gasteiger partial charge in [0.2, 0.25) is 0 Å². The fourth-order valence-electron chi connectivity index (χ4n) is 2.99. The summed E-state index contributed by atoms with van der Waals surface area (Å²) < 4.78 is 52.8. The van der Waals surface area contributed by atoms with Crippen LogP contribution in [0.5, 0.6) is 0 Å². The predicted molar refractivity (Wildman–Crippen MR) is 103 cm³/mol. The summed E-state index contributed by atoms with van der Waals surface area (Å²) in [4.78, 5) is 0.0645. The lowest BCUT2D eigenvalue weighted by Crippen LogP contribution is -2.18. The van der Waals surface area contributed by atoms with Gasteiger partial charge >= 0.3 is 0 Å². The van der Waals surface area contributed by atoms with Crippen molar-refractivity contribution in [1.82, 2.24) is 0 Å². The number of rotatable bonds is 5. The van der Waals surface area contributed by atoms with Gasteiger partial charge in [0.15, 0.2) is 9.84 Å². The molecule has 140 valence electrons. The maximum atomic E-state index is 12.7. The van der Waals surface area contributed by atoms with Gasteiger partial charge in [-0.15, -0.1) is 0 Å². The van der Waals surface area contributed by atoms with Gasteiger partial charge in [-0.1, -0.05) is 42.1 Å². The highest BCUT2D eigenvalue weighted by atomic mass is 35.5. The second kappa shape index (κ2) is 7.38. The third-order valence-corrected chi connectivity index (χ3v) is 8.74. The maximum Gasteiger partial charge on any atom is 0.261 e. The Morgan fingerprint density at radius 3 is 2.19 bits per heavy atom. The molecule has 0 atom stereocenters. The van der Waals surface area contributed by atoms with Crippen molar-refractivity contribution in [3.05, 3.63) is 52.5 Å². The van der Waals surface area contributed by atoms with Crippen LogP contribution in [0.3, 0.4) is 0 Å². The van der Waals surface area contributed by atoms with Gasteiger partial charge in [-0.25, -0.2) is 16.8 Å². The summed E-state index contributed by atoms with van der Waals surface area (Å²) in [5, 5.41) is -0.0354. The molecule has 1 aliphatic carbocycles. The van der Waals surface area contributed by atoms with E-state index in [1.54, 1.807) is 0 Å². The first-order valence-electron chi connectivity index (χ1n) is 8.02. The van der Waals surface area contributed by atoms with E-state index in [2.05, 4.69) is 4.72 Å². The van der Waals surface area contributed by atoms with E-state index in [-0.39, 0.29) is 25.5 Å². The molecule has 0 aliphatic heterocycles. The molecule has 0 radical (unpaired) electrons. The number of benzene rings is 2. The van der Waals surface area contributed by atoms with E-state index in [9.17, 15) is 16.8 Å². The van der Waals surface area contributed by atoms with E-state index in [0.29, 0.717) is 12.8 Å². The SMILES string of the molecule is O=S(=O)(Nc1cccc(S(=O)(=O)C2CCCC2)c1)c1ccc(Cl)c(Cl)c1. The Balaban J connectivity index is 1.89. The quantitative estimate of drug-likeness (QED) is 0.751. The summed E-state index contributed by atoms with van der Waals surface area (Å²) in [6.07, 6.45) is 3.07. The Hall–Kier alpha value is -1.28. The molecular weight excluding hydrogens is 417 g/mol. The monoisotopic (exact) mass is 433 g/mol. The van der Waals surface area contributed by atoms with Crippen LogP contribution in [0.4, 0.5) is 5.69 Å². The molecular formula is C17H17Cl2NO4S2. The number of sulfonamides is 1. The fraction of sp³-hybridized carbons (Fsp3) is 0.294. The predicted octanol–water partition coefficient (Wildman–Crippen LogP) is 4.51. The van der Waals surface area contributed by atoms with Crippen LogP contribution in [-0.4, -0.2) is 22.1 Å². The zero-order chi connectivity index (χ0) is 18.9. The summed E-state index contributed by atoms with van der Waals surface area (Å²) in [6, 6.07) is 9.82. The highest BCUT2D eigenvalue weighted by Gasteiger charge is 2.30. The first-order valence-corrected chi connectivity index (χ1v) is 11.8. The lowest BCUT2D eigenvalue weighted by atomic mass is 10.3. The molecule has 0 spiro atoms. The van der Waals surface area contributed by atoms with Crippen molar-refractivity contribution >= 4 is 48.7 Å². The van der Waals surface area contributed by atoms with Gasteiger partial charge in [0.25, 0.3) is 10.0 Å². The second-order valence-electron chi connectivity index (χ2n) is 6.16. The molecule has 1 N–H and O–H groups in total. The van der Waals surface area contributed by atoms with Crippen molar-refractivity contribution in [1.29, 1.82) is 0 Å². The number of hydrogen-bond acceptors (Lipinski definition) is 4. The second-order valence-corrected chi connectivity index (χ2v) is 10.9. The van der Waals surface area contributed by atoms with E-state index in [0.717, 1.165) is 12.8 Å². The molecule has 1 aliphatic rings. The minimum absolute atomic E-state index is 0.0593. The molecule has 0 heterocycles. The molecule has 5 nitrogen and oxygen atoms in total. The summed E-state index contributed by atoms with van der Waals surface area (Å²) in [7, 11) is -7.39. The van der Waals surface area contributed by atoms with Gasteiger partial charge in [-0.3, -0.25) is 4.72 Å². The highest BCUT2D eigenvalue weighted by Crippen LogP contribution is 2.31. The Kier molecular flexibility index (Phi) is 5.53. The third-order valence-electron chi connectivity index (χ3n) is 4.36. The maximum absolute atomic E-state index is 12.7. The molecule has 26 heavy (non-hydrogen) atoms. The van der Waals surface area contributed by atoms with Gasteiger partial charge < -0.3 is 0 Å². The van der Waals surface area contributed by atoms with Crippen molar-refractivity contribution in [2.75, 3.05) is 4.72 Å². The Labute approximate surface area is 163 Å². The minimum Gasteiger partial charge on any atom is -0.280 e. The number of anilines is 1. The van der Waals surface area contributed by atoms with E-state index in [1.165, 1.54) is 42.5 Å². The van der Waals surface area contributed by atoms with Gasteiger partial charge in [0.05, 0.1) is 30.8 Å². The fourth-order valence-corrected chi connectivity index (χ4v) is 6.32. The number of hydrogen-bond donors (Lipinski definition) is 1. The van der Waals surface area contributed by atoms with E-state index >= 15 is 0 Å². The van der Waals surface area contributed by atoms with Gasteiger partial charge in [-0.05, 0) is 49.2 Å². The Bertz CT molecular complexity index is 1030. The van der Waals surface area contributed by atoms with Gasteiger partial charge in [0, 0.05) is 0 Å². The largest absolute Gasteiger partial charge is 0.280 e. The Morgan fingerprint density at radius 1 is 0.846 bits per heavy atom. The van der Waals surface area contributed by atoms with E-state index in [1.807, 2.05) is 0 Å². The summed E-state index contributed by atoms with van der Waals surface area (Å²) in [6.45, 7) is 0. The molecule has 2 aromatic rings. The van der Waals surface area contributed by atoms with Gasteiger partial charge in [0.1, 0.15) is 0 Å². The number of halogens is 2. The van der Waals surface area contributed by atoms with Crippen molar-refractivity contribution < 1.29 is 16.8 Å². The lowest BCUT2D eigenvalue weighted by Gasteiger charge is -2.13. The van der Waals surface area contributed by atoms with Gasteiger partial charge in [-0.2, -0.15) is 0 Å². The summed E-state index contributed by atoms with van der Waals surface area (Å²) in [5.41, 5.74) is 0.176. The van der Waals surface area contributed by atoms with Crippen molar-refractivity contribution in [2.45, 2.75) is 40.7 Å². The van der Waals surface area contributed by atoms with Crippen LogP contribution in [0.25, 0.3) is 0 Å². The normalized spacial score (nSPS) is 15.9. The molecule has 0 amide bonds. The molecule has 1 saturated carbocycles. The van der Waals surface area contributed by atoms with Crippen LogP contribution >= 0.6 is 23.2 Å². The average Bonchev–Trinajstić information content (AvgIpc) is 3.12. The van der Waals surface area contributed by atoms with Crippen LogP contribution in [0.2, 0.25) is 10.0 Å². The molecule has 0 saturated heterocycles. The molecule has 2 aromatic carbocycles. The molecule has 1 fully saturated rings. The van der Waals surface area contributed by atoms with Crippen LogP contribution in [-0.2, 0) is 19.9 Å². The Morgan fingerprint density at radius 2 is 1.54 bits per heavy atom. The lowest BCUT2D eigenvalue weighted by molar-refractivity contribution is 0.579. The van der Waals surface area contributed by atoms with Crippen molar-refractivity contribution in [2.24, 2.45) is 0 Å². The molecule has 9 heteroatoms. The highest BCUT2D eigenvalue weighted by molar-refractivity contribution is 7.93. The standard InChI is InChI=1S/C17H17Cl2NO4S2/c18-16-9-8-15(11-17(16)19)26(23,24)20-12-4-3-7-14(10-12)25(21,22)13-5-1-2-6-13/h3-4,7-11,13,20H,1-2,5-6H2. The van der Waals surface area contributed by atoms with E-state index in [4.69, 9.17) is 23.2 Å². The van der Waals surface area contributed by atoms with Crippen molar-refractivity contribution in [3.8, 4) is 0 Å². The number of sulfone groups is 1. The van der Waals surface area contributed by atoms with Crippen LogP contribution in [0.1, 0.15) is 25.7 Å². The first kappa shape index (κ1) is 19.5. The average molecular weight is 434 g/mol. The minimum atomic E-state index is -3.92. The molecule has 0 unspecified atom stereocenters. The van der Waals surface area contributed by atoms with Crippen LogP contribution in [0.15, 0.2) is 52.3 Å². The topological polar surface area (TPSA) is 80.3 Å². The smallest absolute Gasteiger partial charge is 0.261 e. The summed E-state index contributed by atoms with van der Waals surface area (Å²) in [5.74, 6) is 0. The zero-order valence-corrected chi connectivity index (χ0v) is 16.8. The van der Waals surface area contributed by atoms with Crippen LogP contribution < -0.4 is 4.72 Å². The third kappa shape index (κ3) is 4.01. The number of nitrogens with one attached hydrogen (secondary N) is 1. The first-order chi connectivity index (χ1) is 12.2.